The van der Waals surface area contributed by atoms with Gasteiger partial charge < -0.3 is 16.0 Å². The summed E-state index contributed by atoms with van der Waals surface area (Å²) in [6.07, 6.45) is 1.81. The van der Waals surface area contributed by atoms with E-state index < -0.39 is 0 Å². The van der Waals surface area contributed by atoms with Gasteiger partial charge in [-0.25, -0.2) is 4.79 Å². The van der Waals surface area contributed by atoms with Crippen LogP contribution in [0.5, 0.6) is 0 Å². The zero-order chi connectivity index (χ0) is 11.6. The first-order chi connectivity index (χ1) is 6.79. The number of rotatable bonds is 0. The van der Waals surface area contributed by atoms with Crippen LogP contribution in [0.25, 0.3) is 0 Å². The molecule has 1 aliphatic rings. The minimum atomic E-state index is -0.170. The van der Waals surface area contributed by atoms with E-state index in [1.54, 1.807) is 0 Å². The van der Waals surface area contributed by atoms with Crippen LogP contribution in [-0.2, 0) is 0 Å². The molecule has 1 saturated heterocycles. The average molecular weight is 213 g/mol. The van der Waals surface area contributed by atoms with Gasteiger partial charge in [0.2, 0.25) is 0 Å². The Labute approximate surface area is 92.2 Å². The Hall–Kier alpha value is -0.770. The van der Waals surface area contributed by atoms with Crippen LogP contribution in [0.2, 0.25) is 0 Å². The summed E-state index contributed by atoms with van der Waals surface area (Å²) in [5.74, 6) is 0. The molecule has 0 spiro atoms. The Morgan fingerprint density at radius 3 is 2.53 bits per heavy atom. The Bertz CT molecular complexity index is 234. The smallest absolute Gasteiger partial charge is 0.318 e. The van der Waals surface area contributed by atoms with Crippen molar-refractivity contribution in [2.75, 3.05) is 6.54 Å². The number of nitrogens with one attached hydrogen (secondary N) is 1. The zero-order valence-corrected chi connectivity index (χ0v) is 10.2. The maximum absolute atomic E-state index is 11.9. The number of likely N-dealkylation sites (tertiary alicyclic amines) is 1. The predicted octanol–water partition coefficient (Wildman–Crippen LogP) is 1.31. The van der Waals surface area contributed by atoms with E-state index >= 15 is 0 Å². The van der Waals surface area contributed by atoms with Crippen molar-refractivity contribution in [1.82, 2.24) is 10.2 Å². The first-order valence-corrected chi connectivity index (χ1v) is 5.64. The van der Waals surface area contributed by atoms with Gasteiger partial charge in [0.05, 0.1) is 0 Å². The minimum absolute atomic E-state index is 0.0295. The molecule has 15 heavy (non-hydrogen) atoms. The lowest BCUT2D eigenvalue weighted by Gasteiger charge is -2.38. The van der Waals surface area contributed by atoms with Gasteiger partial charge in [-0.1, -0.05) is 0 Å². The summed E-state index contributed by atoms with van der Waals surface area (Å²) >= 11 is 0. The summed E-state index contributed by atoms with van der Waals surface area (Å²) in [7, 11) is 0. The highest BCUT2D eigenvalue weighted by Gasteiger charge is 2.28. The minimum Gasteiger partial charge on any atom is -0.333 e. The van der Waals surface area contributed by atoms with E-state index in [0.29, 0.717) is 0 Å². The first kappa shape index (κ1) is 12.3. The molecule has 2 atom stereocenters. The van der Waals surface area contributed by atoms with E-state index in [1.807, 2.05) is 25.7 Å². The second-order valence-corrected chi connectivity index (χ2v) is 5.51. The highest BCUT2D eigenvalue weighted by Crippen LogP contribution is 2.16. The standard InChI is InChI=1S/C11H23N3O/c1-8-7-9(12)5-6-14(8)10(15)13-11(2,3)4/h8-9H,5-7,12H2,1-4H3,(H,13,15). The van der Waals surface area contributed by atoms with Gasteiger partial charge in [-0.2, -0.15) is 0 Å². The molecule has 0 aromatic carbocycles. The lowest BCUT2D eigenvalue weighted by atomic mass is 9.99. The first-order valence-electron chi connectivity index (χ1n) is 5.64. The number of hydrogen-bond acceptors (Lipinski definition) is 2. The molecule has 1 heterocycles. The SMILES string of the molecule is CC1CC(N)CCN1C(=O)NC(C)(C)C. The van der Waals surface area contributed by atoms with E-state index in [1.165, 1.54) is 0 Å². The average Bonchev–Trinajstić information content (AvgIpc) is 1.99. The number of urea groups is 1. The molecule has 0 radical (unpaired) electrons. The monoisotopic (exact) mass is 213 g/mol. The molecule has 2 amide bonds. The second kappa shape index (κ2) is 4.39. The van der Waals surface area contributed by atoms with Crippen molar-refractivity contribution in [3.63, 3.8) is 0 Å². The summed E-state index contributed by atoms with van der Waals surface area (Å²) in [5, 5.41) is 2.98. The fourth-order valence-electron chi connectivity index (χ4n) is 1.90. The number of carbonyl (C=O) groups is 1. The summed E-state index contributed by atoms with van der Waals surface area (Å²) in [6.45, 7) is 8.80. The van der Waals surface area contributed by atoms with Crippen LogP contribution in [0, 0.1) is 0 Å². The summed E-state index contributed by atoms with van der Waals surface area (Å²) in [4.78, 5) is 13.8. The van der Waals surface area contributed by atoms with Crippen molar-refractivity contribution >= 4 is 6.03 Å². The van der Waals surface area contributed by atoms with Crippen molar-refractivity contribution in [2.24, 2.45) is 5.73 Å². The number of nitrogens with two attached hydrogens (primary N) is 1. The molecule has 0 aromatic rings. The summed E-state index contributed by atoms with van der Waals surface area (Å²) in [6, 6.07) is 0.525. The molecule has 4 nitrogen and oxygen atoms in total. The van der Waals surface area contributed by atoms with Crippen LogP contribution in [0.1, 0.15) is 40.5 Å². The van der Waals surface area contributed by atoms with Gasteiger partial charge in [-0.05, 0) is 40.5 Å². The Morgan fingerprint density at radius 1 is 1.47 bits per heavy atom. The van der Waals surface area contributed by atoms with Crippen LogP contribution >= 0.6 is 0 Å². The van der Waals surface area contributed by atoms with Crippen LogP contribution in [0.15, 0.2) is 0 Å². The van der Waals surface area contributed by atoms with Crippen molar-refractivity contribution in [1.29, 1.82) is 0 Å². The van der Waals surface area contributed by atoms with E-state index in [0.717, 1.165) is 19.4 Å². The second-order valence-electron chi connectivity index (χ2n) is 5.51. The number of hydrogen-bond donors (Lipinski definition) is 2. The predicted molar refractivity (Wildman–Crippen MR) is 61.7 cm³/mol. The third-order valence-corrected chi connectivity index (χ3v) is 2.66. The maximum Gasteiger partial charge on any atom is 0.318 e. The number of nitrogens with zero attached hydrogens (tertiary/aromatic N) is 1. The molecule has 0 saturated carbocycles. The number of amides is 2. The molecular formula is C11H23N3O. The molecule has 1 fully saturated rings. The van der Waals surface area contributed by atoms with Gasteiger partial charge in [-0.3, -0.25) is 0 Å². The van der Waals surface area contributed by atoms with Gasteiger partial charge in [0.25, 0.3) is 0 Å². The normalized spacial score (nSPS) is 27.7. The number of piperidine rings is 1. The molecule has 1 rings (SSSR count). The van der Waals surface area contributed by atoms with Gasteiger partial charge in [0, 0.05) is 24.2 Å². The molecule has 4 heteroatoms. The van der Waals surface area contributed by atoms with Gasteiger partial charge in [0.15, 0.2) is 0 Å². The van der Waals surface area contributed by atoms with E-state index in [4.69, 9.17) is 5.73 Å². The van der Waals surface area contributed by atoms with Crippen LogP contribution in [0.4, 0.5) is 4.79 Å². The topological polar surface area (TPSA) is 58.4 Å². The molecule has 0 bridgehead atoms. The van der Waals surface area contributed by atoms with Crippen molar-refractivity contribution in [2.45, 2.75) is 58.2 Å². The summed E-state index contributed by atoms with van der Waals surface area (Å²) in [5.41, 5.74) is 5.69. The van der Waals surface area contributed by atoms with Crippen LogP contribution in [0.3, 0.4) is 0 Å². The molecule has 0 aromatic heterocycles. The van der Waals surface area contributed by atoms with Gasteiger partial charge >= 0.3 is 6.03 Å². The van der Waals surface area contributed by atoms with E-state index in [2.05, 4.69) is 12.2 Å². The fraction of sp³-hybridized carbons (Fsp3) is 0.909. The largest absolute Gasteiger partial charge is 0.333 e. The highest BCUT2D eigenvalue weighted by molar-refractivity contribution is 5.75. The third-order valence-electron chi connectivity index (χ3n) is 2.66. The van der Waals surface area contributed by atoms with Gasteiger partial charge in [-0.15, -0.1) is 0 Å². The third kappa shape index (κ3) is 3.70. The van der Waals surface area contributed by atoms with Crippen molar-refractivity contribution < 1.29 is 4.79 Å². The molecule has 2 unspecified atom stereocenters. The molecule has 1 aliphatic heterocycles. The maximum atomic E-state index is 11.9. The van der Waals surface area contributed by atoms with E-state index in [9.17, 15) is 4.79 Å². The Kier molecular flexibility index (Phi) is 3.60. The zero-order valence-electron chi connectivity index (χ0n) is 10.2. The van der Waals surface area contributed by atoms with Crippen LogP contribution in [-0.4, -0.2) is 35.1 Å². The molecule has 88 valence electrons. The van der Waals surface area contributed by atoms with Crippen LogP contribution < -0.4 is 11.1 Å². The fourth-order valence-corrected chi connectivity index (χ4v) is 1.90. The lowest BCUT2D eigenvalue weighted by Crippen LogP contribution is -2.55. The van der Waals surface area contributed by atoms with Crippen molar-refractivity contribution in [3.05, 3.63) is 0 Å². The molecule has 3 N–H and O–H groups in total. The molecule has 0 aliphatic carbocycles. The quantitative estimate of drug-likeness (QED) is 0.637. The molecular weight excluding hydrogens is 190 g/mol. The highest BCUT2D eigenvalue weighted by atomic mass is 16.2. The van der Waals surface area contributed by atoms with E-state index in [-0.39, 0.29) is 23.7 Å². The Morgan fingerprint density at radius 2 is 2.07 bits per heavy atom. The Balaban J connectivity index is 2.53. The lowest BCUT2D eigenvalue weighted by molar-refractivity contribution is 0.144. The summed E-state index contributed by atoms with van der Waals surface area (Å²) < 4.78 is 0. The number of carbonyl (C=O) groups excluding carboxylic acids is 1. The van der Waals surface area contributed by atoms with Crippen molar-refractivity contribution in [3.8, 4) is 0 Å². The van der Waals surface area contributed by atoms with Gasteiger partial charge in [0.1, 0.15) is 0 Å².